The minimum Gasteiger partial charge on any atom is -0.381 e. The molecular formula is C22H23N5O2. The molecule has 1 fully saturated rings. The van der Waals surface area contributed by atoms with Crippen molar-refractivity contribution in [3.05, 3.63) is 66.1 Å². The molecule has 7 nitrogen and oxygen atoms in total. The summed E-state index contributed by atoms with van der Waals surface area (Å²) in [5, 5.41) is 3.00. The maximum Gasteiger partial charge on any atom is 0.236 e. The molecule has 1 aliphatic rings. The van der Waals surface area contributed by atoms with Crippen LogP contribution >= 0.6 is 0 Å². The third-order valence-corrected chi connectivity index (χ3v) is 5.35. The van der Waals surface area contributed by atoms with E-state index in [4.69, 9.17) is 10.5 Å². The summed E-state index contributed by atoms with van der Waals surface area (Å²) in [6.45, 7) is 2.99. The molecule has 4 rings (SSSR count). The van der Waals surface area contributed by atoms with E-state index in [1.54, 1.807) is 12.4 Å². The fourth-order valence-corrected chi connectivity index (χ4v) is 3.68. The fourth-order valence-electron chi connectivity index (χ4n) is 3.68. The number of amides is 1. The minimum absolute atomic E-state index is 0.0533. The topological polar surface area (TPSA) is 103 Å². The molecule has 29 heavy (non-hydrogen) atoms. The molecule has 1 saturated heterocycles. The lowest BCUT2D eigenvalue weighted by Gasteiger charge is -2.36. The number of rotatable bonds is 4. The smallest absolute Gasteiger partial charge is 0.236 e. The maximum absolute atomic E-state index is 13.4. The van der Waals surface area contributed by atoms with Gasteiger partial charge in [0, 0.05) is 36.9 Å². The molecule has 2 aromatic heterocycles. The van der Waals surface area contributed by atoms with E-state index in [1.165, 1.54) is 0 Å². The van der Waals surface area contributed by atoms with Crippen molar-refractivity contribution < 1.29 is 9.53 Å². The average Bonchev–Trinajstić information content (AvgIpc) is 2.75. The second kappa shape index (κ2) is 7.97. The Labute approximate surface area is 169 Å². The zero-order chi connectivity index (χ0) is 20.3. The lowest BCUT2D eigenvalue weighted by Crippen LogP contribution is -2.45. The molecule has 0 bridgehead atoms. The van der Waals surface area contributed by atoms with E-state index in [2.05, 4.69) is 20.3 Å². The Morgan fingerprint density at radius 3 is 2.38 bits per heavy atom. The molecule has 0 spiro atoms. The number of hydrogen-bond acceptors (Lipinski definition) is 6. The summed E-state index contributed by atoms with van der Waals surface area (Å²) in [5.41, 5.74) is 8.58. The Morgan fingerprint density at radius 1 is 1.03 bits per heavy atom. The SMILES string of the molecule is Cc1cccc(NC(=O)C2(c3ccc(-c4cnc(N)nc4)cc3)CCOCC2)n1. The number of pyridine rings is 1. The second-order valence-corrected chi connectivity index (χ2v) is 7.22. The van der Waals surface area contributed by atoms with Crippen molar-refractivity contribution >= 4 is 17.7 Å². The van der Waals surface area contributed by atoms with Crippen molar-refractivity contribution in [2.75, 3.05) is 24.3 Å². The minimum atomic E-state index is -0.653. The average molecular weight is 389 g/mol. The van der Waals surface area contributed by atoms with Crippen molar-refractivity contribution in [1.82, 2.24) is 15.0 Å². The third-order valence-electron chi connectivity index (χ3n) is 5.35. The van der Waals surface area contributed by atoms with Crippen molar-refractivity contribution in [2.24, 2.45) is 0 Å². The van der Waals surface area contributed by atoms with E-state index in [0.29, 0.717) is 31.9 Å². The summed E-state index contributed by atoms with van der Waals surface area (Å²) in [7, 11) is 0. The van der Waals surface area contributed by atoms with Gasteiger partial charge < -0.3 is 15.8 Å². The largest absolute Gasteiger partial charge is 0.381 e. The van der Waals surface area contributed by atoms with Gasteiger partial charge in [0.25, 0.3) is 0 Å². The van der Waals surface area contributed by atoms with Gasteiger partial charge in [0.2, 0.25) is 11.9 Å². The van der Waals surface area contributed by atoms with Crippen molar-refractivity contribution in [1.29, 1.82) is 0 Å². The van der Waals surface area contributed by atoms with Gasteiger partial charge in [-0.1, -0.05) is 30.3 Å². The zero-order valence-corrected chi connectivity index (χ0v) is 16.3. The molecular weight excluding hydrogens is 366 g/mol. The van der Waals surface area contributed by atoms with Crippen molar-refractivity contribution in [2.45, 2.75) is 25.2 Å². The van der Waals surface area contributed by atoms with E-state index in [0.717, 1.165) is 22.4 Å². The van der Waals surface area contributed by atoms with Crippen molar-refractivity contribution in [3.63, 3.8) is 0 Å². The van der Waals surface area contributed by atoms with Crippen LogP contribution in [-0.4, -0.2) is 34.1 Å². The number of ether oxygens (including phenoxy) is 1. The predicted molar refractivity (Wildman–Crippen MR) is 111 cm³/mol. The highest BCUT2D eigenvalue weighted by Gasteiger charge is 2.41. The monoisotopic (exact) mass is 389 g/mol. The first-order valence-corrected chi connectivity index (χ1v) is 9.58. The van der Waals surface area contributed by atoms with Gasteiger partial charge in [-0.05, 0) is 43.0 Å². The summed E-state index contributed by atoms with van der Waals surface area (Å²) in [6.07, 6.45) is 4.62. The van der Waals surface area contributed by atoms with Gasteiger partial charge in [0.05, 0.1) is 5.41 Å². The number of aryl methyl sites for hydroxylation is 1. The lowest BCUT2D eigenvalue weighted by atomic mass is 9.73. The van der Waals surface area contributed by atoms with E-state index < -0.39 is 5.41 Å². The highest BCUT2D eigenvalue weighted by atomic mass is 16.5. The van der Waals surface area contributed by atoms with Crippen LogP contribution in [0.3, 0.4) is 0 Å². The van der Waals surface area contributed by atoms with E-state index in [9.17, 15) is 4.79 Å². The second-order valence-electron chi connectivity index (χ2n) is 7.22. The predicted octanol–water partition coefficient (Wildman–Crippen LogP) is 3.12. The Morgan fingerprint density at radius 2 is 1.72 bits per heavy atom. The van der Waals surface area contributed by atoms with Crippen LogP contribution in [0.5, 0.6) is 0 Å². The number of carbonyl (C=O) groups excluding carboxylic acids is 1. The summed E-state index contributed by atoms with van der Waals surface area (Å²) < 4.78 is 5.55. The summed E-state index contributed by atoms with van der Waals surface area (Å²) >= 11 is 0. The van der Waals surface area contributed by atoms with Crippen LogP contribution in [0.1, 0.15) is 24.1 Å². The van der Waals surface area contributed by atoms with Crippen LogP contribution in [0.25, 0.3) is 11.1 Å². The third kappa shape index (κ3) is 3.95. The first-order chi connectivity index (χ1) is 14.1. The van der Waals surface area contributed by atoms with Crippen LogP contribution < -0.4 is 11.1 Å². The number of nitrogens with two attached hydrogens (primary N) is 1. The molecule has 1 aromatic carbocycles. The molecule has 3 N–H and O–H groups in total. The fraction of sp³-hybridized carbons (Fsp3) is 0.273. The van der Waals surface area contributed by atoms with Gasteiger partial charge in [0.15, 0.2) is 0 Å². The highest BCUT2D eigenvalue weighted by Crippen LogP contribution is 2.37. The lowest BCUT2D eigenvalue weighted by molar-refractivity contribution is -0.125. The molecule has 3 heterocycles. The van der Waals surface area contributed by atoms with Crippen LogP contribution in [-0.2, 0) is 14.9 Å². The number of benzene rings is 1. The number of aromatic nitrogens is 3. The molecule has 1 amide bonds. The summed E-state index contributed by atoms with van der Waals surface area (Å²) in [5.74, 6) is 0.756. The molecule has 7 heteroatoms. The standard InChI is InChI=1S/C22H23N5O2/c1-15-3-2-4-19(26-15)27-20(28)22(9-11-29-12-10-22)18-7-5-16(6-8-18)17-13-24-21(23)25-14-17/h2-8,13-14H,9-12H2,1H3,(H2,23,24,25)(H,26,27,28). The van der Waals surface area contributed by atoms with Crippen LogP contribution in [0.15, 0.2) is 54.9 Å². The van der Waals surface area contributed by atoms with Crippen LogP contribution in [0.2, 0.25) is 0 Å². The van der Waals surface area contributed by atoms with E-state index in [-0.39, 0.29) is 11.9 Å². The number of nitrogens with zero attached hydrogens (tertiary/aromatic N) is 3. The molecule has 148 valence electrons. The molecule has 0 saturated carbocycles. The first kappa shape index (κ1) is 19.0. The van der Waals surface area contributed by atoms with Gasteiger partial charge in [0.1, 0.15) is 5.82 Å². The first-order valence-electron chi connectivity index (χ1n) is 9.58. The van der Waals surface area contributed by atoms with E-state index in [1.807, 2.05) is 49.4 Å². The quantitative estimate of drug-likeness (QED) is 0.711. The maximum atomic E-state index is 13.4. The molecule has 0 unspecified atom stereocenters. The highest BCUT2D eigenvalue weighted by molar-refractivity contribution is 5.98. The Hall–Kier alpha value is -3.32. The molecule has 1 aliphatic heterocycles. The molecule has 0 atom stereocenters. The summed E-state index contributed by atoms with van der Waals surface area (Å²) in [4.78, 5) is 25.8. The van der Waals surface area contributed by atoms with Crippen molar-refractivity contribution in [3.8, 4) is 11.1 Å². The van der Waals surface area contributed by atoms with Gasteiger partial charge in [-0.15, -0.1) is 0 Å². The number of nitrogen functional groups attached to an aromatic ring is 1. The Bertz CT molecular complexity index is 996. The number of hydrogen-bond donors (Lipinski definition) is 2. The zero-order valence-electron chi connectivity index (χ0n) is 16.3. The van der Waals surface area contributed by atoms with Gasteiger partial charge in [-0.2, -0.15) is 0 Å². The molecule has 3 aromatic rings. The van der Waals surface area contributed by atoms with Gasteiger partial charge in [-0.25, -0.2) is 15.0 Å². The van der Waals surface area contributed by atoms with E-state index >= 15 is 0 Å². The molecule has 0 aliphatic carbocycles. The van der Waals surface area contributed by atoms with Gasteiger partial charge >= 0.3 is 0 Å². The Kier molecular flexibility index (Phi) is 5.22. The number of anilines is 2. The van der Waals surface area contributed by atoms with Gasteiger partial charge in [-0.3, -0.25) is 4.79 Å². The number of carbonyl (C=O) groups is 1. The van der Waals surface area contributed by atoms with Crippen LogP contribution in [0, 0.1) is 6.92 Å². The summed E-state index contributed by atoms with van der Waals surface area (Å²) in [6, 6.07) is 13.6. The normalized spacial score (nSPS) is 15.6. The number of nitrogens with one attached hydrogen (secondary N) is 1. The Balaban J connectivity index is 1.63. The molecule has 0 radical (unpaired) electrons. The van der Waals surface area contributed by atoms with Crippen LogP contribution in [0.4, 0.5) is 11.8 Å².